The van der Waals surface area contributed by atoms with E-state index >= 15 is 0 Å². The average Bonchev–Trinajstić information content (AvgIpc) is 3.01. The zero-order valence-corrected chi connectivity index (χ0v) is 25.3. The minimum absolute atomic E-state index is 0.0813. The molecular weight excluding hydrogens is 639 g/mol. The van der Waals surface area contributed by atoms with Crippen LogP contribution in [0.1, 0.15) is 67.1 Å². The Hall–Kier alpha value is -3.34. The molecule has 250 valence electrons. The van der Waals surface area contributed by atoms with Gasteiger partial charge in [0.15, 0.2) is 5.69 Å². The molecule has 0 radical (unpaired) electrons. The number of methoxy groups -OCH3 is 1. The van der Waals surface area contributed by atoms with E-state index in [9.17, 15) is 49.1 Å². The van der Waals surface area contributed by atoms with Crippen molar-refractivity contribution in [3.63, 3.8) is 0 Å². The van der Waals surface area contributed by atoms with Gasteiger partial charge in [0.2, 0.25) is 27.7 Å². The number of aromatic nitrogens is 1. The number of nitrogens with zero attached hydrogens (tertiary/aromatic N) is 3. The number of ether oxygens (including phenoxy) is 2. The van der Waals surface area contributed by atoms with Gasteiger partial charge < -0.3 is 19.5 Å². The Balaban J connectivity index is 1.84. The summed E-state index contributed by atoms with van der Waals surface area (Å²) in [6.45, 7) is -0.417. The molecule has 9 nitrogen and oxygen atoms in total. The highest BCUT2D eigenvalue weighted by Crippen LogP contribution is 2.46. The summed E-state index contributed by atoms with van der Waals surface area (Å²) in [6.07, 6.45) is -7.70. The van der Waals surface area contributed by atoms with E-state index in [-0.39, 0.29) is 37.3 Å². The maximum Gasteiger partial charge on any atom is 0.420 e. The maximum absolute atomic E-state index is 14.5. The van der Waals surface area contributed by atoms with E-state index in [0.29, 0.717) is 19.1 Å². The molecule has 0 amide bonds. The van der Waals surface area contributed by atoms with Gasteiger partial charge in [0.25, 0.3) is 0 Å². The van der Waals surface area contributed by atoms with Crippen LogP contribution >= 0.6 is 0 Å². The number of rotatable bonds is 9. The molecular formula is C28H32F7N3O6S. The molecule has 1 aromatic carbocycles. The number of sulfonamides is 1. The summed E-state index contributed by atoms with van der Waals surface area (Å²) in [5.41, 5.74) is -2.53. The average molecular weight is 672 g/mol. The largest absolute Gasteiger partial charge is 0.488 e. The Bertz CT molecular complexity index is 1520. The molecule has 4 rings (SSSR count). The summed E-state index contributed by atoms with van der Waals surface area (Å²) < 4.78 is 138. The molecule has 0 bridgehead atoms. The Morgan fingerprint density at radius 3 is 2.33 bits per heavy atom. The number of aromatic carboxylic acids is 1. The Kier molecular flexibility index (Phi) is 9.56. The molecule has 1 aromatic heterocycles. The maximum atomic E-state index is 14.5. The van der Waals surface area contributed by atoms with Crippen molar-refractivity contribution in [2.24, 2.45) is 0 Å². The molecule has 2 heterocycles. The third-order valence-corrected chi connectivity index (χ3v) is 9.99. The summed E-state index contributed by atoms with van der Waals surface area (Å²) in [6, 6.07) is 1.76. The highest BCUT2D eigenvalue weighted by Gasteiger charge is 2.45. The van der Waals surface area contributed by atoms with Gasteiger partial charge in [0.1, 0.15) is 17.3 Å². The first-order chi connectivity index (χ1) is 20.7. The first-order valence-electron chi connectivity index (χ1n) is 13.9. The second-order valence-electron chi connectivity index (χ2n) is 11.3. The van der Waals surface area contributed by atoms with Crippen molar-refractivity contribution >= 4 is 21.7 Å². The van der Waals surface area contributed by atoms with Gasteiger partial charge >= 0.3 is 12.1 Å². The predicted molar refractivity (Wildman–Crippen MR) is 147 cm³/mol. The van der Waals surface area contributed by atoms with E-state index in [4.69, 9.17) is 9.47 Å². The van der Waals surface area contributed by atoms with Crippen LogP contribution in [-0.2, 0) is 22.8 Å². The van der Waals surface area contributed by atoms with Crippen molar-refractivity contribution in [2.75, 3.05) is 25.6 Å². The Morgan fingerprint density at radius 1 is 1.13 bits per heavy atom. The van der Waals surface area contributed by atoms with E-state index in [1.54, 1.807) is 0 Å². The molecule has 1 atom stereocenters. The van der Waals surface area contributed by atoms with Gasteiger partial charge in [-0.1, -0.05) is 0 Å². The van der Waals surface area contributed by atoms with Crippen LogP contribution in [0.3, 0.4) is 0 Å². The van der Waals surface area contributed by atoms with Crippen LogP contribution in [0.5, 0.6) is 11.6 Å². The molecule has 2 aliphatic rings. The Labute approximate surface area is 255 Å². The number of alkyl halides is 7. The highest BCUT2D eigenvalue weighted by atomic mass is 32.2. The van der Waals surface area contributed by atoms with Crippen LogP contribution in [0, 0.1) is 0 Å². The summed E-state index contributed by atoms with van der Waals surface area (Å²) in [7, 11) is -2.29. The lowest BCUT2D eigenvalue weighted by atomic mass is 9.90. The van der Waals surface area contributed by atoms with Crippen molar-refractivity contribution in [3.8, 4) is 11.6 Å². The molecule has 45 heavy (non-hydrogen) atoms. The van der Waals surface area contributed by atoms with Crippen LogP contribution in [0.4, 0.5) is 36.4 Å². The molecule has 0 saturated heterocycles. The SMILES string of the molecule is COc1ccc(COc2cc3c(cc2C(F)(F)F)N(C2CCC(F)(F)CC2)C[C@@H](CCC(C)(F)F)N(C)S3(=O)=O)c(C(=O)O)n1. The number of hydrogen-bond donors (Lipinski definition) is 1. The number of fused-ring (bicyclic) bond motifs is 1. The number of carboxylic acids is 1. The monoisotopic (exact) mass is 671 g/mol. The Morgan fingerprint density at radius 2 is 1.78 bits per heavy atom. The normalized spacial score (nSPS) is 20.8. The molecule has 2 aromatic rings. The molecule has 1 aliphatic heterocycles. The van der Waals surface area contributed by atoms with Gasteiger partial charge in [-0.15, -0.1) is 0 Å². The molecule has 17 heteroatoms. The molecule has 0 spiro atoms. The summed E-state index contributed by atoms with van der Waals surface area (Å²) >= 11 is 0. The number of carbonyl (C=O) groups is 1. The minimum Gasteiger partial charge on any atom is -0.488 e. The van der Waals surface area contributed by atoms with Gasteiger partial charge in [0, 0.05) is 62.6 Å². The number of carboxylic acid groups (broad SMARTS) is 1. The first-order valence-corrected chi connectivity index (χ1v) is 15.3. The standard InChI is InChI=1S/C28H32F7N3O6S/c1-26(29,30)9-6-18-14-38(17-7-10-27(31,32)11-8-17)20-12-19(28(33,34)35)21(13-22(20)45(41,42)37(18)2)44-15-16-4-5-23(43-3)36-24(16)25(39)40/h4-5,12-13,17-18H,6-11,14-15H2,1-3H3,(H,39,40)/t18-/m1/s1. The summed E-state index contributed by atoms with van der Waals surface area (Å²) in [5.74, 6) is -8.72. The smallest absolute Gasteiger partial charge is 0.420 e. The number of hydrogen-bond acceptors (Lipinski definition) is 7. The number of benzene rings is 1. The fourth-order valence-corrected chi connectivity index (χ4v) is 7.10. The number of halogens is 7. The molecule has 0 unspecified atom stereocenters. The van der Waals surface area contributed by atoms with E-state index in [0.717, 1.165) is 11.4 Å². The predicted octanol–water partition coefficient (Wildman–Crippen LogP) is 6.21. The zero-order chi connectivity index (χ0) is 33.5. The van der Waals surface area contributed by atoms with Gasteiger partial charge in [-0.25, -0.2) is 35.8 Å². The summed E-state index contributed by atoms with van der Waals surface area (Å²) in [4.78, 5) is 16.1. The minimum atomic E-state index is -5.10. The third kappa shape index (κ3) is 7.73. The van der Waals surface area contributed by atoms with Crippen LogP contribution < -0.4 is 14.4 Å². The summed E-state index contributed by atoms with van der Waals surface area (Å²) in [5, 5.41) is 9.52. The molecule has 1 N–H and O–H groups in total. The van der Waals surface area contributed by atoms with E-state index in [1.165, 1.54) is 24.1 Å². The van der Waals surface area contributed by atoms with Crippen molar-refractivity contribution < 1.29 is 58.5 Å². The van der Waals surface area contributed by atoms with Gasteiger partial charge in [-0.2, -0.15) is 17.5 Å². The lowest BCUT2D eigenvalue weighted by molar-refractivity contribution is -0.139. The van der Waals surface area contributed by atoms with Gasteiger partial charge in [0.05, 0.1) is 18.4 Å². The highest BCUT2D eigenvalue weighted by molar-refractivity contribution is 7.89. The van der Waals surface area contributed by atoms with Crippen LogP contribution in [-0.4, -0.2) is 73.4 Å². The zero-order valence-electron chi connectivity index (χ0n) is 24.5. The molecule has 1 fully saturated rings. The van der Waals surface area contributed by atoms with E-state index < -0.39 is 99.6 Å². The van der Waals surface area contributed by atoms with Crippen LogP contribution in [0.2, 0.25) is 0 Å². The lowest BCUT2D eigenvalue weighted by Crippen LogP contribution is -2.47. The van der Waals surface area contributed by atoms with E-state index in [2.05, 4.69) is 4.98 Å². The van der Waals surface area contributed by atoms with Gasteiger partial charge in [-0.05, 0) is 38.3 Å². The van der Waals surface area contributed by atoms with Crippen molar-refractivity contribution in [3.05, 3.63) is 41.1 Å². The fraction of sp³-hybridized carbons (Fsp3) is 0.571. The lowest BCUT2D eigenvalue weighted by Gasteiger charge is -2.40. The third-order valence-electron chi connectivity index (χ3n) is 8.05. The first kappa shape index (κ1) is 34.5. The van der Waals surface area contributed by atoms with Crippen LogP contribution in [0.25, 0.3) is 0 Å². The number of likely N-dealkylation sites (N-methyl/N-ethyl adjacent to an activating group) is 1. The van der Waals surface area contributed by atoms with Crippen LogP contribution in [0.15, 0.2) is 29.2 Å². The van der Waals surface area contributed by atoms with Crippen molar-refractivity contribution in [1.29, 1.82) is 0 Å². The van der Waals surface area contributed by atoms with E-state index in [1.807, 2.05) is 0 Å². The number of pyridine rings is 1. The molecule has 1 saturated carbocycles. The quantitative estimate of drug-likeness (QED) is 0.314. The van der Waals surface area contributed by atoms with Crippen molar-refractivity contribution in [2.45, 2.75) is 87.1 Å². The fourth-order valence-electron chi connectivity index (χ4n) is 5.53. The van der Waals surface area contributed by atoms with Gasteiger partial charge in [-0.3, -0.25) is 0 Å². The number of anilines is 1. The second-order valence-corrected chi connectivity index (χ2v) is 13.3. The topological polar surface area (TPSA) is 109 Å². The van der Waals surface area contributed by atoms with Crippen molar-refractivity contribution in [1.82, 2.24) is 9.29 Å². The second kappa shape index (κ2) is 12.5. The molecule has 1 aliphatic carbocycles.